The van der Waals surface area contributed by atoms with Gasteiger partial charge in [0.25, 0.3) is 0 Å². The maximum atomic E-state index is 13.7. The maximum Gasteiger partial charge on any atom is 0.244 e. The van der Waals surface area contributed by atoms with Crippen LogP contribution >= 0.6 is 23.2 Å². The second-order valence-electron chi connectivity index (χ2n) is 15.0. The lowest BCUT2D eigenvalue weighted by Crippen LogP contribution is -2.49. The van der Waals surface area contributed by atoms with E-state index in [1.165, 1.54) is 52.8 Å². The Hall–Kier alpha value is -3.79. The summed E-state index contributed by atoms with van der Waals surface area (Å²) in [6.07, 6.45) is 4.04. The Morgan fingerprint density at radius 3 is 1.85 bits per heavy atom. The number of aromatic nitrogens is 1. The lowest BCUT2D eigenvalue weighted by atomic mass is 9.83. The first-order valence-corrected chi connectivity index (χ1v) is 21.1. The van der Waals surface area contributed by atoms with Gasteiger partial charge in [0.15, 0.2) is 5.76 Å². The average molecular weight is 819 g/mol. The minimum absolute atomic E-state index is 0.0514. The van der Waals surface area contributed by atoms with Gasteiger partial charge < -0.3 is 15.2 Å². The molecular weight excluding hydrogens is 773 g/mol. The standard InChI is InChI=1S/C24H26ClN3O4S.C14H19ClN2O3S/c1-24(2)12-14-26-23(29)21(15-24)28(33(30,31)20-9-7-19(25)8-10-20)16-17-3-5-18(6-4-17)22-11-13-27-32-22;1-14(2)7-8-16-13(18)12(9-14)17-21(19,20)11-5-3-10(15)4-6-11/h3-11,13,21H,12,14-16H2,1-2H3,(H,26,29);3-6,12,17H,7-9H2,1-2H3,(H,16,18). The predicted molar refractivity (Wildman–Crippen MR) is 208 cm³/mol. The molecule has 2 atom stereocenters. The van der Waals surface area contributed by atoms with Crippen LogP contribution in [0.15, 0.2) is 99.4 Å². The number of benzene rings is 3. The quantitative estimate of drug-likeness (QED) is 0.174. The monoisotopic (exact) mass is 817 g/mol. The van der Waals surface area contributed by atoms with E-state index in [0.717, 1.165) is 24.0 Å². The molecule has 54 heavy (non-hydrogen) atoms. The maximum absolute atomic E-state index is 13.7. The zero-order valence-corrected chi connectivity index (χ0v) is 33.7. The normalized spacial score (nSPS) is 20.1. The van der Waals surface area contributed by atoms with Gasteiger partial charge in [0.1, 0.15) is 12.1 Å². The molecule has 0 aliphatic carbocycles. The van der Waals surface area contributed by atoms with E-state index in [9.17, 15) is 26.4 Å². The van der Waals surface area contributed by atoms with Crippen LogP contribution in [0.4, 0.5) is 0 Å². The summed E-state index contributed by atoms with van der Waals surface area (Å²) >= 11 is 11.7. The first kappa shape index (κ1) is 41.4. The Morgan fingerprint density at radius 1 is 0.759 bits per heavy atom. The van der Waals surface area contributed by atoms with Gasteiger partial charge >= 0.3 is 0 Å². The van der Waals surface area contributed by atoms with E-state index in [2.05, 4.69) is 34.4 Å². The van der Waals surface area contributed by atoms with Crippen LogP contribution in [0, 0.1) is 10.8 Å². The number of nitrogens with one attached hydrogen (secondary N) is 3. The van der Waals surface area contributed by atoms with Crippen molar-refractivity contribution in [1.29, 1.82) is 0 Å². The van der Waals surface area contributed by atoms with Gasteiger partial charge in [0, 0.05) is 41.3 Å². The average Bonchev–Trinajstić information content (AvgIpc) is 3.56. The molecule has 4 aromatic rings. The van der Waals surface area contributed by atoms with Gasteiger partial charge in [-0.15, -0.1) is 0 Å². The highest BCUT2D eigenvalue weighted by Crippen LogP contribution is 2.34. The van der Waals surface area contributed by atoms with Gasteiger partial charge in [-0.3, -0.25) is 9.59 Å². The van der Waals surface area contributed by atoms with Crippen LogP contribution in [-0.4, -0.2) is 63.3 Å². The van der Waals surface area contributed by atoms with Gasteiger partial charge in [-0.1, -0.05) is 80.3 Å². The van der Waals surface area contributed by atoms with Gasteiger partial charge in [-0.2, -0.15) is 9.03 Å². The molecular formula is C38H45Cl2N5O7S2. The van der Waals surface area contributed by atoms with Crippen molar-refractivity contribution in [2.45, 2.75) is 81.8 Å². The van der Waals surface area contributed by atoms with Crippen molar-refractivity contribution in [3.8, 4) is 11.3 Å². The zero-order chi connectivity index (χ0) is 39.3. The molecule has 0 bridgehead atoms. The van der Waals surface area contributed by atoms with Crippen molar-refractivity contribution in [2.24, 2.45) is 10.8 Å². The smallest absolute Gasteiger partial charge is 0.244 e. The van der Waals surface area contributed by atoms with E-state index >= 15 is 0 Å². The Kier molecular flexibility index (Phi) is 13.0. The summed E-state index contributed by atoms with van der Waals surface area (Å²) in [6, 6.07) is 19.4. The number of hydrogen-bond acceptors (Lipinski definition) is 8. The fraction of sp³-hybridized carbons (Fsp3) is 0.395. The number of halogens is 2. The van der Waals surface area contributed by atoms with Gasteiger partial charge in [0.05, 0.1) is 16.0 Å². The summed E-state index contributed by atoms with van der Waals surface area (Å²) in [6.45, 7) is 9.29. The second-order valence-corrected chi connectivity index (χ2v) is 19.5. The number of nitrogens with zero attached hydrogens (tertiary/aromatic N) is 2. The second kappa shape index (κ2) is 16.9. The molecule has 2 unspecified atom stereocenters. The Morgan fingerprint density at radius 2 is 1.30 bits per heavy atom. The van der Waals surface area contributed by atoms with Crippen LogP contribution in [-0.2, 0) is 36.2 Å². The number of rotatable bonds is 9. The number of carbonyl (C=O) groups excluding carboxylic acids is 2. The van der Waals surface area contributed by atoms with E-state index < -0.39 is 32.1 Å². The summed E-state index contributed by atoms with van der Waals surface area (Å²) in [4.78, 5) is 25.2. The molecule has 3 aromatic carbocycles. The van der Waals surface area contributed by atoms with E-state index in [0.29, 0.717) is 41.7 Å². The summed E-state index contributed by atoms with van der Waals surface area (Å²) in [5.41, 5.74) is 1.28. The third-order valence-corrected chi connectivity index (χ3v) is 13.4. The van der Waals surface area contributed by atoms with E-state index in [1.807, 2.05) is 38.1 Å². The Balaban J connectivity index is 0.000000230. The van der Waals surface area contributed by atoms with Crippen molar-refractivity contribution >= 4 is 55.1 Å². The molecule has 6 rings (SSSR count). The predicted octanol–water partition coefficient (Wildman–Crippen LogP) is 6.41. The molecule has 2 aliphatic rings. The Bertz CT molecular complexity index is 2130. The third kappa shape index (κ3) is 10.7. The molecule has 12 nitrogen and oxygen atoms in total. The van der Waals surface area contributed by atoms with Crippen LogP contribution in [0.3, 0.4) is 0 Å². The van der Waals surface area contributed by atoms with E-state index in [4.69, 9.17) is 27.7 Å². The van der Waals surface area contributed by atoms with Crippen LogP contribution in [0.25, 0.3) is 11.3 Å². The largest absolute Gasteiger partial charge is 0.356 e. The summed E-state index contributed by atoms with van der Waals surface area (Å²) in [5.74, 6) is 0.0617. The lowest BCUT2D eigenvalue weighted by Gasteiger charge is -2.33. The molecule has 2 fully saturated rings. The van der Waals surface area contributed by atoms with E-state index in [-0.39, 0.29) is 39.0 Å². The topological polar surface area (TPSA) is 168 Å². The summed E-state index contributed by atoms with van der Waals surface area (Å²) in [5, 5.41) is 10.3. The van der Waals surface area contributed by atoms with Gasteiger partial charge in [-0.25, -0.2) is 16.8 Å². The third-order valence-electron chi connectivity index (χ3n) is 9.53. The minimum Gasteiger partial charge on any atom is -0.356 e. The molecule has 3 heterocycles. The number of sulfonamides is 2. The number of hydrogen-bond donors (Lipinski definition) is 3. The summed E-state index contributed by atoms with van der Waals surface area (Å²) in [7, 11) is -7.73. The van der Waals surface area contributed by atoms with Crippen molar-refractivity contribution in [2.75, 3.05) is 13.1 Å². The molecule has 290 valence electrons. The molecule has 0 saturated carbocycles. The molecule has 16 heteroatoms. The molecule has 3 N–H and O–H groups in total. The highest BCUT2D eigenvalue weighted by molar-refractivity contribution is 7.89. The zero-order valence-electron chi connectivity index (χ0n) is 30.5. The first-order valence-electron chi connectivity index (χ1n) is 17.5. The molecule has 2 aliphatic heterocycles. The van der Waals surface area contributed by atoms with Crippen LogP contribution in [0.1, 0.15) is 58.9 Å². The van der Waals surface area contributed by atoms with Crippen LogP contribution < -0.4 is 15.4 Å². The van der Waals surface area contributed by atoms with Gasteiger partial charge in [-0.05, 0) is 90.6 Å². The molecule has 2 saturated heterocycles. The minimum atomic E-state index is -3.98. The fourth-order valence-corrected chi connectivity index (χ4v) is 9.40. The van der Waals surface area contributed by atoms with E-state index in [1.54, 1.807) is 12.3 Å². The number of carbonyl (C=O) groups is 2. The molecule has 1 aromatic heterocycles. The van der Waals surface area contributed by atoms with Crippen LogP contribution in [0.5, 0.6) is 0 Å². The highest BCUT2D eigenvalue weighted by Gasteiger charge is 2.41. The molecule has 0 radical (unpaired) electrons. The molecule has 2 amide bonds. The van der Waals surface area contributed by atoms with Crippen molar-refractivity contribution < 1.29 is 30.9 Å². The van der Waals surface area contributed by atoms with Crippen LogP contribution in [0.2, 0.25) is 10.0 Å². The van der Waals surface area contributed by atoms with Crippen molar-refractivity contribution in [1.82, 2.24) is 24.8 Å². The van der Waals surface area contributed by atoms with Gasteiger partial charge in [0.2, 0.25) is 31.9 Å². The molecule has 0 spiro atoms. The SMILES string of the molecule is CC1(C)CCNC(=O)C(N(Cc2ccc(-c3ccno3)cc2)S(=O)(=O)c2ccc(Cl)cc2)C1.CC1(C)CCNC(=O)C(NS(=O)(=O)c2ccc(Cl)cc2)C1. The highest BCUT2D eigenvalue weighted by atomic mass is 35.5. The lowest BCUT2D eigenvalue weighted by molar-refractivity contribution is -0.125. The number of amides is 2. The van der Waals surface area contributed by atoms with Crippen molar-refractivity contribution in [3.05, 3.63) is 101 Å². The summed E-state index contributed by atoms with van der Waals surface area (Å²) < 4.78 is 61.2. The first-order chi connectivity index (χ1) is 25.3. The Labute approximate surface area is 327 Å². The van der Waals surface area contributed by atoms with Crippen molar-refractivity contribution in [3.63, 3.8) is 0 Å². The fourth-order valence-electron chi connectivity index (χ4n) is 6.38.